The molecule has 1 heterocycles. The summed E-state index contributed by atoms with van der Waals surface area (Å²) < 4.78 is 43.1. The Balaban J connectivity index is 1.82. The Morgan fingerprint density at radius 3 is 2.40 bits per heavy atom. The molecule has 1 aliphatic heterocycles. The second-order valence-corrected chi connectivity index (χ2v) is 9.97. The van der Waals surface area contributed by atoms with E-state index in [0.29, 0.717) is 21.9 Å². The number of hydrogen-bond acceptors (Lipinski definition) is 4. The van der Waals surface area contributed by atoms with Gasteiger partial charge in [-0.3, -0.25) is 15.1 Å². The van der Waals surface area contributed by atoms with Crippen molar-refractivity contribution in [3.05, 3.63) is 87.4 Å². The lowest BCUT2D eigenvalue weighted by molar-refractivity contribution is -0.269. The van der Waals surface area contributed by atoms with E-state index in [1.54, 1.807) is 48.2 Å². The molecule has 0 spiro atoms. The van der Waals surface area contributed by atoms with E-state index >= 15 is 0 Å². The summed E-state index contributed by atoms with van der Waals surface area (Å²) in [6.45, 7) is 1.91. The van der Waals surface area contributed by atoms with Gasteiger partial charge < -0.3 is 5.32 Å². The van der Waals surface area contributed by atoms with Gasteiger partial charge in [-0.25, -0.2) is 0 Å². The number of carbonyl (C=O) groups excluding carboxylic acids is 1. The summed E-state index contributed by atoms with van der Waals surface area (Å²) in [5.41, 5.74) is 0.381. The number of alkyl halides is 3. The number of halogens is 5. The second kappa shape index (κ2) is 9.93. The standard InChI is InChI=1S/C25H21Cl2F3N2O2S/c1-14(13-35-2)31-23(33)21-8-7-20(18-5-3-4-6-19(18)21)22-12-24(34-32-22,25(28,29)30)15-9-16(26)11-17(27)10-15/h3-12,14,32H,13H2,1-2H3,(H,31,33)/t14-,24?/m1/s1. The van der Waals surface area contributed by atoms with Gasteiger partial charge in [0.25, 0.3) is 5.91 Å². The number of benzene rings is 3. The molecule has 4 rings (SSSR count). The zero-order valence-corrected chi connectivity index (χ0v) is 21.0. The first kappa shape index (κ1) is 25.7. The minimum Gasteiger partial charge on any atom is -0.349 e. The molecule has 10 heteroatoms. The van der Waals surface area contributed by atoms with Crippen LogP contribution in [0.3, 0.4) is 0 Å². The fraction of sp³-hybridized carbons (Fsp3) is 0.240. The first-order valence-electron chi connectivity index (χ1n) is 10.6. The molecule has 3 aromatic carbocycles. The van der Waals surface area contributed by atoms with Crippen LogP contribution in [0.2, 0.25) is 10.0 Å². The highest BCUT2D eigenvalue weighted by Gasteiger charge is 2.59. The number of hydrogen-bond donors (Lipinski definition) is 2. The highest BCUT2D eigenvalue weighted by molar-refractivity contribution is 7.98. The molecular formula is C25H21Cl2F3N2O2S. The number of carbonyl (C=O) groups is 1. The van der Waals surface area contributed by atoms with Crippen molar-refractivity contribution in [3.8, 4) is 0 Å². The van der Waals surface area contributed by atoms with Gasteiger partial charge in [0.15, 0.2) is 0 Å². The monoisotopic (exact) mass is 540 g/mol. The van der Waals surface area contributed by atoms with Gasteiger partial charge in [-0.15, -0.1) is 0 Å². The van der Waals surface area contributed by atoms with Crippen LogP contribution in [0.15, 0.2) is 60.7 Å². The van der Waals surface area contributed by atoms with Crippen LogP contribution in [0.4, 0.5) is 13.2 Å². The molecule has 1 amide bonds. The Kier molecular flexibility index (Phi) is 7.29. The molecule has 1 aliphatic rings. The number of rotatable bonds is 6. The van der Waals surface area contributed by atoms with E-state index in [1.165, 1.54) is 18.2 Å². The lowest BCUT2D eigenvalue weighted by atomic mass is 9.90. The smallest absolute Gasteiger partial charge is 0.349 e. The average Bonchev–Trinajstić information content (AvgIpc) is 3.24. The highest BCUT2D eigenvalue weighted by atomic mass is 35.5. The molecule has 4 nitrogen and oxygen atoms in total. The van der Waals surface area contributed by atoms with Crippen molar-refractivity contribution in [2.24, 2.45) is 0 Å². The fourth-order valence-corrected chi connectivity index (χ4v) is 5.18. The molecule has 2 N–H and O–H groups in total. The van der Waals surface area contributed by atoms with Crippen molar-refractivity contribution >= 4 is 57.3 Å². The number of hydroxylamine groups is 1. The summed E-state index contributed by atoms with van der Waals surface area (Å²) >= 11 is 13.6. The zero-order chi connectivity index (χ0) is 25.4. The van der Waals surface area contributed by atoms with Gasteiger partial charge in [-0.1, -0.05) is 53.5 Å². The first-order valence-corrected chi connectivity index (χ1v) is 12.7. The summed E-state index contributed by atoms with van der Waals surface area (Å²) in [5.74, 6) is 0.500. The van der Waals surface area contributed by atoms with Crippen LogP contribution in [-0.4, -0.2) is 30.1 Å². The van der Waals surface area contributed by atoms with E-state index in [1.807, 2.05) is 13.2 Å². The van der Waals surface area contributed by atoms with E-state index in [2.05, 4.69) is 10.8 Å². The van der Waals surface area contributed by atoms with Crippen LogP contribution >= 0.6 is 35.0 Å². The van der Waals surface area contributed by atoms with Crippen LogP contribution in [0, 0.1) is 0 Å². The van der Waals surface area contributed by atoms with Crippen molar-refractivity contribution < 1.29 is 22.8 Å². The third-order valence-corrected chi connectivity index (χ3v) is 6.90. The molecule has 0 aromatic heterocycles. The Hall–Kier alpha value is -2.39. The van der Waals surface area contributed by atoms with Crippen molar-refractivity contribution in [2.75, 3.05) is 12.0 Å². The van der Waals surface area contributed by atoms with E-state index in [9.17, 15) is 18.0 Å². The molecule has 35 heavy (non-hydrogen) atoms. The van der Waals surface area contributed by atoms with Gasteiger partial charge in [0.1, 0.15) is 0 Å². The van der Waals surface area contributed by atoms with Crippen molar-refractivity contribution in [2.45, 2.75) is 24.7 Å². The minimum atomic E-state index is -4.82. The van der Waals surface area contributed by atoms with E-state index in [-0.39, 0.29) is 33.3 Å². The van der Waals surface area contributed by atoms with Crippen LogP contribution < -0.4 is 10.8 Å². The molecule has 3 aromatic rings. The fourth-order valence-electron chi connectivity index (χ4n) is 4.07. The maximum absolute atomic E-state index is 14.4. The number of fused-ring (bicyclic) bond motifs is 1. The normalized spacial score (nSPS) is 18.8. The number of nitrogens with one attached hydrogen (secondary N) is 2. The zero-order valence-electron chi connectivity index (χ0n) is 18.7. The topological polar surface area (TPSA) is 50.4 Å². The Morgan fingerprint density at radius 2 is 1.77 bits per heavy atom. The molecule has 0 radical (unpaired) electrons. The number of thioether (sulfide) groups is 1. The lowest BCUT2D eigenvalue weighted by Gasteiger charge is -2.28. The van der Waals surface area contributed by atoms with Gasteiger partial charge in [0.2, 0.25) is 5.60 Å². The maximum Gasteiger partial charge on any atom is 0.428 e. The van der Waals surface area contributed by atoms with Gasteiger partial charge in [0, 0.05) is 38.5 Å². The summed E-state index contributed by atoms with van der Waals surface area (Å²) in [7, 11) is 0. The molecule has 0 saturated heterocycles. The predicted molar refractivity (Wildman–Crippen MR) is 136 cm³/mol. The molecule has 1 unspecified atom stereocenters. The van der Waals surface area contributed by atoms with E-state index in [4.69, 9.17) is 28.0 Å². The largest absolute Gasteiger partial charge is 0.428 e. The first-order chi connectivity index (χ1) is 16.6. The number of amides is 1. The quantitative estimate of drug-likeness (QED) is 0.354. The van der Waals surface area contributed by atoms with Crippen LogP contribution in [0.25, 0.3) is 16.5 Å². The van der Waals surface area contributed by atoms with Crippen molar-refractivity contribution in [1.82, 2.24) is 10.8 Å². The Bertz CT molecular complexity index is 1300. The van der Waals surface area contributed by atoms with Crippen molar-refractivity contribution in [3.63, 3.8) is 0 Å². The maximum atomic E-state index is 14.4. The minimum absolute atomic E-state index is 0.0412. The summed E-state index contributed by atoms with van der Waals surface area (Å²) in [5, 5.41) is 4.27. The van der Waals surface area contributed by atoms with E-state index < -0.39 is 11.8 Å². The SMILES string of the molecule is CSC[C@@H](C)NC(=O)c1ccc(C2=CC(c3cc(Cl)cc(Cl)c3)(C(F)(F)F)ON2)c2ccccc12. The molecule has 0 aliphatic carbocycles. The van der Waals surface area contributed by atoms with Gasteiger partial charge in [0.05, 0.1) is 5.70 Å². The van der Waals surface area contributed by atoms with E-state index in [0.717, 1.165) is 11.8 Å². The van der Waals surface area contributed by atoms with Gasteiger partial charge >= 0.3 is 6.18 Å². The summed E-state index contributed by atoms with van der Waals surface area (Å²) in [6, 6.07) is 13.9. The average molecular weight is 541 g/mol. The molecular weight excluding hydrogens is 520 g/mol. The Morgan fingerprint density at radius 1 is 1.11 bits per heavy atom. The molecule has 0 saturated carbocycles. The van der Waals surface area contributed by atoms with Gasteiger partial charge in [-0.2, -0.15) is 24.9 Å². The third-order valence-electron chi connectivity index (χ3n) is 5.64. The predicted octanol–water partition coefficient (Wildman–Crippen LogP) is 6.96. The van der Waals surface area contributed by atoms with Crippen LogP contribution in [0.1, 0.15) is 28.4 Å². The van der Waals surface area contributed by atoms with Crippen LogP contribution in [-0.2, 0) is 10.4 Å². The Labute approximate surface area is 214 Å². The lowest BCUT2D eigenvalue weighted by Crippen LogP contribution is -2.42. The highest BCUT2D eigenvalue weighted by Crippen LogP contribution is 2.48. The summed E-state index contributed by atoms with van der Waals surface area (Å²) in [6.07, 6.45) is -1.90. The molecule has 2 atom stereocenters. The van der Waals surface area contributed by atoms with Gasteiger partial charge in [-0.05, 0) is 54.3 Å². The summed E-state index contributed by atoms with van der Waals surface area (Å²) in [4.78, 5) is 18.1. The van der Waals surface area contributed by atoms with Crippen molar-refractivity contribution in [1.29, 1.82) is 0 Å². The third kappa shape index (κ3) is 4.98. The molecule has 184 valence electrons. The molecule has 0 fully saturated rings. The molecule has 0 bridgehead atoms. The van der Waals surface area contributed by atoms with Crippen LogP contribution in [0.5, 0.6) is 0 Å². The second-order valence-electron chi connectivity index (χ2n) is 8.19.